The van der Waals surface area contributed by atoms with Crippen molar-refractivity contribution in [2.45, 2.75) is 19.4 Å². The van der Waals surface area contributed by atoms with Crippen molar-refractivity contribution in [2.75, 3.05) is 39.1 Å². The lowest BCUT2D eigenvalue weighted by Gasteiger charge is -2.43. The maximum absolute atomic E-state index is 8.99. The van der Waals surface area contributed by atoms with Gasteiger partial charge in [-0.15, -0.1) is 4.99 Å². The number of nitrogens with one attached hydrogen (secondary N) is 1. The molecule has 0 spiro atoms. The number of hydrogen-bond donors (Lipinski definition) is 1. The van der Waals surface area contributed by atoms with E-state index in [4.69, 9.17) is 5.26 Å². The lowest BCUT2D eigenvalue weighted by molar-refractivity contribution is 0.223. The fraction of sp³-hybridized carbons (Fsp3) is 0.529. The molecule has 8 nitrogen and oxygen atoms in total. The Morgan fingerprint density at radius 1 is 1.40 bits per heavy atom. The third kappa shape index (κ3) is 3.22. The molecule has 8 heteroatoms. The molecule has 0 radical (unpaired) electrons. The highest BCUT2D eigenvalue weighted by atomic mass is 15.4. The molecule has 1 fully saturated rings. The van der Waals surface area contributed by atoms with E-state index < -0.39 is 0 Å². The second kappa shape index (κ2) is 6.97. The topological polar surface area (TPSA) is 87.4 Å². The number of aliphatic imine (C=N–C) groups is 1. The summed E-state index contributed by atoms with van der Waals surface area (Å²) < 4.78 is 0. The summed E-state index contributed by atoms with van der Waals surface area (Å²) in [6.07, 6.45) is 6.44. The van der Waals surface area contributed by atoms with E-state index in [-0.39, 0.29) is 6.04 Å². The molecule has 0 aromatic carbocycles. The number of nitriles is 1. The van der Waals surface area contributed by atoms with Crippen LogP contribution < -0.4 is 4.90 Å². The van der Waals surface area contributed by atoms with E-state index in [1.54, 1.807) is 6.33 Å². The molecule has 1 aliphatic heterocycles. The van der Waals surface area contributed by atoms with E-state index in [1.165, 1.54) is 0 Å². The zero-order valence-electron chi connectivity index (χ0n) is 15.1. The van der Waals surface area contributed by atoms with Crippen LogP contribution in [-0.2, 0) is 0 Å². The molecule has 1 aliphatic rings. The normalized spacial score (nSPS) is 21.2. The first-order chi connectivity index (χ1) is 12.0. The third-order valence-electron chi connectivity index (χ3n) is 4.92. The number of guanidine groups is 1. The Hall–Kier alpha value is -2.82. The largest absolute Gasteiger partial charge is 0.354 e. The van der Waals surface area contributed by atoms with Crippen molar-refractivity contribution in [3.63, 3.8) is 0 Å². The van der Waals surface area contributed by atoms with Gasteiger partial charge in [-0.25, -0.2) is 9.97 Å². The second-order valence-electron chi connectivity index (χ2n) is 6.73. The van der Waals surface area contributed by atoms with Gasteiger partial charge in [0.15, 0.2) is 0 Å². The molecular weight excluding hydrogens is 316 g/mol. The van der Waals surface area contributed by atoms with Gasteiger partial charge in [-0.05, 0) is 18.4 Å². The first-order valence-corrected chi connectivity index (χ1v) is 8.43. The molecule has 2 unspecified atom stereocenters. The number of H-pyrrole nitrogens is 1. The number of likely N-dealkylation sites (N-methyl/N-ethyl adjacent to an activating group) is 1. The summed E-state index contributed by atoms with van der Waals surface area (Å²) in [5.74, 6) is 2.14. The first kappa shape index (κ1) is 17.0. The summed E-state index contributed by atoms with van der Waals surface area (Å²) in [5.41, 5.74) is 0.845. The number of anilines is 1. The average molecular weight is 340 g/mol. The maximum atomic E-state index is 8.99. The summed E-state index contributed by atoms with van der Waals surface area (Å²) >= 11 is 0. The summed E-state index contributed by atoms with van der Waals surface area (Å²) in [6, 6.07) is 2.28. The number of rotatable bonds is 2. The van der Waals surface area contributed by atoms with Gasteiger partial charge in [0.2, 0.25) is 12.2 Å². The van der Waals surface area contributed by atoms with Crippen LogP contribution in [0.25, 0.3) is 11.0 Å². The average Bonchev–Trinajstić information content (AvgIpc) is 3.08. The molecule has 25 heavy (non-hydrogen) atoms. The van der Waals surface area contributed by atoms with Crippen LogP contribution in [0, 0.1) is 17.4 Å². The van der Waals surface area contributed by atoms with Crippen molar-refractivity contribution in [3.05, 3.63) is 18.6 Å². The van der Waals surface area contributed by atoms with Crippen LogP contribution in [-0.4, -0.2) is 71.0 Å². The summed E-state index contributed by atoms with van der Waals surface area (Å²) in [5, 5.41) is 10.0. The van der Waals surface area contributed by atoms with Gasteiger partial charge in [0.25, 0.3) is 0 Å². The molecule has 132 valence electrons. The molecule has 3 rings (SSSR count). The number of nitrogens with zero attached hydrogens (tertiary/aromatic N) is 7. The molecule has 2 atom stereocenters. The van der Waals surface area contributed by atoms with Crippen molar-refractivity contribution >= 4 is 22.8 Å². The van der Waals surface area contributed by atoms with E-state index in [0.29, 0.717) is 11.9 Å². The summed E-state index contributed by atoms with van der Waals surface area (Å²) in [4.78, 5) is 22.2. The van der Waals surface area contributed by atoms with Crippen LogP contribution in [0.1, 0.15) is 13.3 Å². The summed E-state index contributed by atoms with van der Waals surface area (Å²) in [6.45, 7) is 3.96. The van der Waals surface area contributed by atoms with Crippen molar-refractivity contribution in [2.24, 2.45) is 10.9 Å². The number of aromatic amines is 1. The minimum atomic E-state index is 0.269. The molecule has 0 amide bonds. The van der Waals surface area contributed by atoms with Crippen LogP contribution in [0.4, 0.5) is 5.82 Å². The van der Waals surface area contributed by atoms with Crippen LogP contribution in [0.2, 0.25) is 0 Å². The Labute approximate surface area is 147 Å². The number of aromatic nitrogens is 3. The van der Waals surface area contributed by atoms with Gasteiger partial charge in [0.1, 0.15) is 17.8 Å². The predicted molar refractivity (Wildman–Crippen MR) is 98.2 cm³/mol. The number of fused-ring (bicyclic) bond motifs is 1. The maximum Gasteiger partial charge on any atom is 0.212 e. The Morgan fingerprint density at radius 3 is 2.92 bits per heavy atom. The molecule has 0 bridgehead atoms. The minimum Gasteiger partial charge on any atom is -0.354 e. The molecule has 3 heterocycles. The molecule has 1 N–H and O–H groups in total. The highest BCUT2D eigenvalue weighted by Gasteiger charge is 2.32. The van der Waals surface area contributed by atoms with Crippen molar-refractivity contribution in [1.29, 1.82) is 5.26 Å². The fourth-order valence-electron chi connectivity index (χ4n) is 3.53. The fourth-order valence-corrected chi connectivity index (χ4v) is 3.53. The lowest BCUT2D eigenvalue weighted by Crippen LogP contribution is -2.55. The standard InChI is InChI=1S/C17H24N8/c1-12-6-8-25(17(20-10-18)23(2)3)9-14(12)24(4)16-13-5-7-19-15(13)21-11-22-16/h5,7,11-12,14H,6,8-9H2,1-4H3,(H,19,21,22). The monoisotopic (exact) mass is 340 g/mol. The van der Waals surface area contributed by atoms with Crippen LogP contribution in [0.15, 0.2) is 23.6 Å². The zero-order valence-corrected chi connectivity index (χ0v) is 15.1. The SMILES string of the molecule is CC1CCN(C(=NC#N)N(C)C)CC1N(C)c1ncnc2[nH]ccc12. The molecule has 0 saturated carbocycles. The molecule has 1 saturated heterocycles. The molecule has 0 aliphatic carbocycles. The van der Waals surface area contributed by atoms with Crippen molar-refractivity contribution < 1.29 is 0 Å². The lowest BCUT2D eigenvalue weighted by atomic mass is 9.92. The van der Waals surface area contributed by atoms with Crippen LogP contribution >= 0.6 is 0 Å². The molecule has 2 aromatic heterocycles. The van der Waals surface area contributed by atoms with Gasteiger partial charge in [0, 0.05) is 40.4 Å². The van der Waals surface area contributed by atoms with Gasteiger partial charge in [0.05, 0.1) is 11.4 Å². The van der Waals surface area contributed by atoms with E-state index in [0.717, 1.165) is 36.4 Å². The second-order valence-corrected chi connectivity index (χ2v) is 6.73. The van der Waals surface area contributed by atoms with E-state index in [9.17, 15) is 0 Å². The Bertz CT molecular complexity index is 802. The predicted octanol–water partition coefficient (Wildman–Crippen LogP) is 1.50. The van der Waals surface area contributed by atoms with E-state index in [2.05, 4.69) is 43.7 Å². The van der Waals surface area contributed by atoms with E-state index in [1.807, 2.05) is 37.5 Å². The number of likely N-dealkylation sites (tertiary alicyclic amines) is 1. The van der Waals surface area contributed by atoms with Gasteiger partial charge in [-0.3, -0.25) is 0 Å². The first-order valence-electron chi connectivity index (χ1n) is 8.43. The van der Waals surface area contributed by atoms with Crippen LogP contribution in [0.5, 0.6) is 0 Å². The van der Waals surface area contributed by atoms with Gasteiger partial charge in [-0.1, -0.05) is 6.92 Å². The smallest absolute Gasteiger partial charge is 0.212 e. The number of hydrogen-bond acceptors (Lipinski definition) is 5. The Kier molecular flexibility index (Phi) is 4.74. The van der Waals surface area contributed by atoms with Gasteiger partial charge < -0.3 is 19.7 Å². The summed E-state index contributed by atoms with van der Waals surface area (Å²) in [7, 11) is 5.91. The minimum absolute atomic E-state index is 0.269. The highest BCUT2D eigenvalue weighted by Crippen LogP contribution is 2.28. The Morgan fingerprint density at radius 2 is 2.20 bits per heavy atom. The van der Waals surface area contributed by atoms with Gasteiger partial charge in [-0.2, -0.15) is 5.26 Å². The zero-order chi connectivity index (χ0) is 18.0. The van der Waals surface area contributed by atoms with Crippen molar-refractivity contribution in [1.82, 2.24) is 24.8 Å². The number of piperidine rings is 1. The van der Waals surface area contributed by atoms with E-state index >= 15 is 0 Å². The van der Waals surface area contributed by atoms with Crippen LogP contribution in [0.3, 0.4) is 0 Å². The van der Waals surface area contributed by atoms with Crippen molar-refractivity contribution in [3.8, 4) is 6.19 Å². The highest BCUT2D eigenvalue weighted by molar-refractivity contribution is 5.87. The Balaban J connectivity index is 1.88. The van der Waals surface area contributed by atoms with Gasteiger partial charge >= 0.3 is 0 Å². The quantitative estimate of drug-likeness (QED) is 0.506. The third-order valence-corrected chi connectivity index (χ3v) is 4.92. The molecular formula is C17H24N8. The molecule has 2 aromatic rings.